The van der Waals surface area contributed by atoms with Gasteiger partial charge in [0.05, 0.1) is 0 Å². The minimum Gasteiger partial charge on any atom is -0.377 e. The molecule has 0 unspecified atom stereocenters. The molecule has 0 atom stereocenters. The van der Waals surface area contributed by atoms with E-state index in [9.17, 15) is 0 Å². The average molecular weight is 223 g/mol. The van der Waals surface area contributed by atoms with Gasteiger partial charge in [-0.1, -0.05) is 0 Å². The molecule has 1 fully saturated rings. The molecule has 4 N–H and O–H groups in total. The van der Waals surface area contributed by atoms with E-state index in [0.717, 1.165) is 5.82 Å². The summed E-state index contributed by atoms with van der Waals surface area (Å²) in [4.78, 5) is 8.53. The summed E-state index contributed by atoms with van der Waals surface area (Å²) >= 11 is 0. The SMILES string of the molecule is COCc1nc(NN)cc(NC2(C)CC2)n1. The van der Waals surface area contributed by atoms with Crippen molar-refractivity contribution in [2.45, 2.75) is 31.9 Å². The van der Waals surface area contributed by atoms with Crippen molar-refractivity contribution in [2.75, 3.05) is 17.9 Å². The maximum absolute atomic E-state index is 5.35. The second-order valence-corrected chi connectivity index (χ2v) is 4.32. The van der Waals surface area contributed by atoms with Crippen LogP contribution in [-0.4, -0.2) is 22.6 Å². The van der Waals surface area contributed by atoms with Crippen LogP contribution in [0.2, 0.25) is 0 Å². The van der Waals surface area contributed by atoms with Crippen LogP contribution in [0.4, 0.5) is 11.6 Å². The summed E-state index contributed by atoms with van der Waals surface area (Å²) in [6, 6.07) is 1.79. The topological polar surface area (TPSA) is 85.1 Å². The van der Waals surface area contributed by atoms with Crippen molar-refractivity contribution in [3.8, 4) is 0 Å². The molecule has 2 rings (SSSR count). The van der Waals surface area contributed by atoms with Gasteiger partial charge in [-0.05, 0) is 19.8 Å². The van der Waals surface area contributed by atoms with Gasteiger partial charge in [0.15, 0.2) is 5.82 Å². The molecule has 1 saturated carbocycles. The van der Waals surface area contributed by atoms with E-state index in [4.69, 9.17) is 10.6 Å². The molecule has 1 aromatic heterocycles. The first-order chi connectivity index (χ1) is 7.65. The van der Waals surface area contributed by atoms with Crippen LogP contribution in [0.25, 0.3) is 0 Å². The molecule has 1 aliphatic carbocycles. The fourth-order valence-electron chi connectivity index (χ4n) is 1.45. The van der Waals surface area contributed by atoms with E-state index in [2.05, 4.69) is 27.6 Å². The Bertz CT molecular complexity index is 377. The van der Waals surface area contributed by atoms with Crippen LogP contribution < -0.4 is 16.6 Å². The van der Waals surface area contributed by atoms with Crippen LogP contribution in [0.3, 0.4) is 0 Å². The zero-order valence-corrected chi connectivity index (χ0v) is 9.58. The second kappa shape index (κ2) is 4.23. The fourth-order valence-corrected chi connectivity index (χ4v) is 1.45. The Kier molecular flexibility index (Phi) is 2.93. The Morgan fingerprint density at radius 1 is 1.44 bits per heavy atom. The smallest absolute Gasteiger partial charge is 0.158 e. The van der Waals surface area contributed by atoms with Crippen LogP contribution in [0, 0.1) is 0 Å². The van der Waals surface area contributed by atoms with Gasteiger partial charge in [-0.25, -0.2) is 15.8 Å². The lowest BCUT2D eigenvalue weighted by molar-refractivity contribution is 0.178. The van der Waals surface area contributed by atoms with E-state index in [1.165, 1.54) is 12.8 Å². The third-order valence-electron chi connectivity index (χ3n) is 2.62. The van der Waals surface area contributed by atoms with Gasteiger partial charge in [0.1, 0.15) is 18.2 Å². The number of rotatable bonds is 5. The van der Waals surface area contributed by atoms with Gasteiger partial charge < -0.3 is 15.5 Å². The van der Waals surface area contributed by atoms with Gasteiger partial charge in [-0.3, -0.25) is 0 Å². The molecule has 16 heavy (non-hydrogen) atoms. The second-order valence-electron chi connectivity index (χ2n) is 4.32. The molecular formula is C10H17N5O. The maximum Gasteiger partial charge on any atom is 0.158 e. The highest BCUT2D eigenvalue weighted by atomic mass is 16.5. The lowest BCUT2D eigenvalue weighted by Gasteiger charge is -2.13. The molecule has 0 amide bonds. The van der Waals surface area contributed by atoms with Crippen molar-refractivity contribution in [3.63, 3.8) is 0 Å². The third kappa shape index (κ3) is 2.59. The van der Waals surface area contributed by atoms with Crippen LogP contribution >= 0.6 is 0 Å². The van der Waals surface area contributed by atoms with Crippen LogP contribution in [0.15, 0.2) is 6.07 Å². The summed E-state index contributed by atoms with van der Waals surface area (Å²) in [5, 5.41) is 3.36. The zero-order valence-electron chi connectivity index (χ0n) is 9.58. The summed E-state index contributed by atoms with van der Waals surface area (Å²) in [6.45, 7) is 2.54. The van der Waals surface area contributed by atoms with Gasteiger partial charge in [-0.2, -0.15) is 0 Å². The number of aromatic nitrogens is 2. The fraction of sp³-hybridized carbons (Fsp3) is 0.600. The van der Waals surface area contributed by atoms with Crippen molar-refractivity contribution < 1.29 is 4.74 Å². The van der Waals surface area contributed by atoms with E-state index in [-0.39, 0.29) is 5.54 Å². The van der Waals surface area contributed by atoms with Gasteiger partial charge in [-0.15, -0.1) is 0 Å². The number of nitrogen functional groups attached to an aromatic ring is 1. The molecule has 1 heterocycles. The number of ether oxygens (including phenoxy) is 1. The Morgan fingerprint density at radius 2 is 2.12 bits per heavy atom. The molecule has 0 aromatic carbocycles. The first-order valence-electron chi connectivity index (χ1n) is 5.27. The Hall–Kier alpha value is -1.40. The first kappa shape index (κ1) is 11.1. The van der Waals surface area contributed by atoms with Gasteiger partial charge in [0, 0.05) is 18.7 Å². The minimum absolute atomic E-state index is 0.185. The van der Waals surface area contributed by atoms with E-state index < -0.39 is 0 Å². The highest BCUT2D eigenvalue weighted by Gasteiger charge is 2.37. The number of hydrogen-bond acceptors (Lipinski definition) is 6. The van der Waals surface area contributed by atoms with Crippen LogP contribution in [0.5, 0.6) is 0 Å². The quantitative estimate of drug-likeness (QED) is 0.507. The molecule has 0 radical (unpaired) electrons. The highest BCUT2D eigenvalue weighted by molar-refractivity contribution is 5.49. The number of hydrogen-bond donors (Lipinski definition) is 3. The minimum atomic E-state index is 0.185. The summed E-state index contributed by atoms with van der Waals surface area (Å²) in [7, 11) is 1.61. The molecule has 6 heteroatoms. The molecule has 88 valence electrons. The summed E-state index contributed by atoms with van der Waals surface area (Å²) in [6.07, 6.45) is 2.34. The van der Waals surface area contributed by atoms with E-state index >= 15 is 0 Å². The lowest BCUT2D eigenvalue weighted by Crippen LogP contribution is -2.19. The van der Waals surface area contributed by atoms with Crippen molar-refractivity contribution >= 4 is 11.6 Å². The van der Waals surface area contributed by atoms with Gasteiger partial charge >= 0.3 is 0 Å². The molecule has 0 aliphatic heterocycles. The first-order valence-corrected chi connectivity index (χ1v) is 5.27. The molecular weight excluding hydrogens is 206 g/mol. The number of methoxy groups -OCH3 is 1. The number of anilines is 2. The molecule has 6 nitrogen and oxygen atoms in total. The summed E-state index contributed by atoms with van der Waals surface area (Å²) in [5.41, 5.74) is 2.71. The van der Waals surface area contributed by atoms with E-state index in [1.807, 2.05) is 0 Å². The standard InChI is InChI=1S/C10H17N5O/c1-10(3-4-10)14-7-5-8(15-11)13-9(12-7)6-16-2/h5H,3-4,6,11H2,1-2H3,(H2,12,13,14,15). The Morgan fingerprint density at radius 3 is 2.69 bits per heavy atom. The number of nitrogens with two attached hydrogens (primary N) is 1. The van der Waals surface area contributed by atoms with Crippen LogP contribution in [-0.2, 0) is 11.3 Å². The van der Waals surface area contributed by atoms with Crippen molar-refractivity contribution in [3.05, 3.63) is 11.9 Å². The molecule has 0 bridgehead atoms. The Balaban J connectivity index is 2.18. The lowest BCUT2D eigenvalue weighted by atomic mass is 10.3. The summed E-state index contributed by atoms with van der Waals surface area (Å²) in [5.74, 6) is 7.35. The predicted octanol–water partition coefficient (Wildman–Crippen LogP) is 0.873. The van der Waals surface area contributed by atoms with E-state index in [0.29, 0.717) is 18.2 Å². The third-order valence-corrected chi connectivity index (χ3v) is 2.62. The monoisotopic (exact) mass is 223 g/mol. The largest absolute Gasteiger partial charge is 0.377 e. The van der Waals surface area contributed by atoms with Crippen molar-refractivity contribution in [1.29, 1.82) is 0 Å². The predicted molar refractivity (Wildman–Crippen MR) is 61.8 cm³/mol. The summed E-state index contributed by atoms with van der Waals surface area (Å²) < 4.78 is 5.01. The van der Waals surface area contributed by atoms with Gasteiger partial charge in [0.25, 0.3) is 0 Å². The van der Waals surface area contributed by atoms with Crippen LogP contribution in [0.1, 0.15) is 25.6 Å². The molecule has 1 aromatic rings. The van der Waals surface area contributed by atoms with Gasteiger partial charge in [0.2, 0.25) is 0 Å². The van der Waals surface area contributed by atoms with Crippen molar-refractivity contribution in [1.82, 2.24) is 9.97 Å². The number of hydrazine groups is 1. The molecule has 0 saturated heterocycles. The molecule has 0 spiro atoms. The molecule has 1 aliphatic rings. The average Bonchev–Trinajstić information content (AvgIpc) is 2.96. The van der Waals surface area contributed by atoms with E-state index in [1.54, 1.807) is 13.2 Å². The zero-order chi connectivity index (χ0) is 11.6. The van der Waals surface area contributed by atoms with Crippen molar-refractivity contribution in [2.24, 2.45) is 5.84 Å². The Labute approximate surface area is 94.6 Å². The highest BCUT2D eigenvalue weighted by Crippen LogP contribution is 2.37. The normalized spacial score (nSPS) is 16.9. The maximum atomic E-state index is 5.35. The number of nitrogens with zero attached hydrogens (tertiary/aromatic N) is 2. The number of nitrogens with one attached hydrogen (secondary N) is 2.